The highest BCUT2D eigenvalue weighted by molar-refractivity contribution is 5.95. The second-order valence-corrected chi connectivity index (χ2v) is 7.05. The van der Waals surface area contributed by atoms with Crippen molar-refractivity contribution in [2.75, 3.05) is 6.54 Å². The lowest BCUT2D eigenvalue weighted by atomic mass is 9.90. The normalized spacial score (nSPS) is 22.7. The van der Waals surface area contributed by atoms with Gasteiger partial charge in [-0.05, 0) is 47.5 Å². The van der Waals surface area contributed by atoms with E-state index in [-0.39, 0.29) is 17.5 Å². The zero-order chi connectivity index (χ0) is 16.7. The van der Waals surface area contributed by atoms with Crippen molar-refractivity contribution in [2.24, 2.45) is 5.92 Å². The Morgan fingerprint density at radius 1 is 1.36 bits per heavy atom. The fraction of sp³-hybridized carbons (Fsp3) is 0.688. The maximum absolute atomic E-state index is 12.8. The van der Waals surface area contributed by atoms with Crippen LogP contribution in [0.2, 0.25) is 0 Å². The summed E-state index contributed by atoms with van der Waals surface area (Å²) in [6, 6.07) is -0.295. The van der Waals surface area contributed by atoms with Crippen LogP contribution in [0.15, 0.2) is 6.20 Å². The molecule has 1 aromatic heterocycles. The number of likely N-dealkylation sites (tertiary alicyclic amines) is 1. The number of hydrogen-bond acceptors (Lipinski definition) is 3. The SMILES string of the molecule is Cc1c(C(=O)N2CCC[C@@H](C(=O)O)[C@H]2C)cnn1C(C)(C)C. The van der Waals surface area contributed by atoms with Gasteiger partial charge >= 0.3 is 5.97 Å². The number of piperidine rings is 1. The molecule has 1 aromatic rings. The van der Waals surface area contributed by atoms with Crippen molar-refractivity contribution in [2.45, 2.75) is 59.0 Å². The van der Waals surface area contributed by atoms with Crippen LogP contribution in [0.4, 0.5) is 0 Å². The molecular weight excluding hydrogens is 282 g/mol. The second kappa shape index (κ2) is 5.74. The molecule has 0 spiro atoms. The molecule has 0 unspecified atom stereocenters. The van der Waals surface area contributed by atoms with Gasteiger partial charge in [0.25, 0.3) is 5.91 Å². The average Bonchev–Trinajstić information content (AvgIpc) is 2.79. The third kappa shape index (κ3) is 2.87. The molecule has 1 saturated heterocycles. The molecule has 1 fully saturated rings. The minimum atomic E-state index is -0.827. The van der Waals surface area contributed by atoms with Crippen molar-refractivity contribution in [3.8, 4) is 0 Å². The highest BCUT2D eigenvalue weighted by atomic mass is 16.4. The average molecular weight is 307 g/mol. The molecule has 2 rings (SSSR count). The zero-order valence-electron chi connectivity index (χ0n) is 14.0. The molecule has 1 N–H and O–H groups in total. The molecule has 6 heteroatoms. The van der Waals surface area contributed by atoms with Crippen LogP contribution >= 0.6 is 0 Å². The second-order valence-electron chi connectivity index (χ2n) is 7.05. The van der Waals surface area contributed by atoms with Crippen molar-refractivity contribution >= 4 is 11.9 Å². The Hall–Kier alpha value is -1.85. The summed E-state index contributed by atoms with van der Waals surface area (Å²) in [4.78, 5) is 25.8. The Morgan fingerprint density at radius 2 is 2.00 bits per heavy atom. The van der Waals surface area contributed by atoms with Crippen molar-refractivity contribution < 1.29 is 14.7 Å². The number of aliphatic carboxylic acids is 1. The van der Waals surface area contributed by atoms with Gasteiger partial charge in [-0.15, -0.1) is 0 Å². The van der Waals surface area contributed by atoms with Gasteiger partial charge in [0.2, 0.25) is 0 Å². The minimum absolute atomic E-state index is 0.119. The molecule has 2 heterocycles. The van der Waals surface area contributed by atoms with Gasteiger partial charge in [-0.2, -0.15) is 5.10 Å². The summed E-state index contributed by atoms with van der Waals surface area (Å²) >= 11 is 0. The van der Waals surface area contributed by atoms with E-state index in [0.29, 0.717) is 18.5 Å². The highest BCUT2D eigenvalue weighted by Crippen LogP contribution is 2.27. The predicted molar refractivity (Wildman–Crippen MR) is 82.8 cm³/mol. The van der Waals surface area contributed by atoms with Crippen LogP contribution in [0.1, 0.15) is 56.6 Å². The Labute approximate surface area is 131 Å². The number of nitrogens with zero attached hydrogens (tertiary/aromatic N) is 3. The maximum atomic E-state index is 12.8. The summed E-state index contributed by atoms with van der Waals surface area (Å²) in [6.07, 6.45) is 2.94. The first-order valence-electron chi connectivity index (χ1n) is 7.73. The standard InChI is InChI=1S/C16H25N3O3/c1-10-12(15(21)22)7-6-8-18(10)14(20)13-9-17-19(11(13)2)16(3,4)5/h9-10,12H,6-8H2,1-5H3,(H,21,22)/t10-,12-/m1/s1. The van der Waals surface area contributed by atoms with Gasteiger partial charge in [0.15, 0.2) is 0 Å². The van der Waals surface area contributed by atoms with Crippen molar-refractivity contribution in [3.05, 3.63) is 17.5 Å². The van der Waals surface area contributed by atoms with Crippen LogP contribution in [0, 0.1) is 12.8 Å². The largest absolute Gasteiger partial charge is 0.481 e. The van der Waals surface area contributed by atoms with Crippen molar-refractivity contribution in [1.82, 2.24) is 14.7 Å². The van der Waals surface area contributed by atoms with Crippen LogP contribution in [0.3, 0.4) is 0 Å². The number of aromatic nitrogens is 2. The summed E-state index contributed by atoms with van der Waals surface area (Å²) in [7, 11) is 0. The number of carbonyl (C=O) groups excluding carboxylic acids is 1. The molecule has 22 heavy (non-hydrogen) atoms. The van der Waals surface area contributed by atoms with Crippen LogP contribution < -0.4 is 0 Å². The monoisotopic (exact) mass is 307 g/mol. The third-order valence-electron chi connectivity index (χ3n) is 4.44. The van der Waals surface area contributed by atoms with E-state index < -0.39 is 11.9 Å². The van der Waals surface area contributed by atoms with E-state index in [2.05, 4.69) is 5.10 Å². The molecule has 6 nitrogen and oxygen atoms in total. The molecule has 0 radical (unpaired) electrons. The first-order valence-corrected chi connectivity index (χ1v) is 7.73. The lowest BCUT2D eigenvalue weighted by Crippen LogP contribution is -2.49. The molecule has 0 aromatic carbocycles. The van der Waals surface area contributed by atoms with Crippen LogP contribution in [0.5, 0.6) is 0 Å². The molecule has 0 bridgehead atoms. The predicted octanol–water partition coefficient (Wildman–Crippen LogP) is 2.27. The van der Waals surface area contributed by atoms with E-state index in [0.717, 1.165) is 12.1 Å². The van der Waals surface area contributed by atoms with E-state index in [1.54, 1.807) is 11.1 Å². The highest BCUT2D eigenvalue weighted by Gasteiger charge is 2.36. The van der Waals surface area contributed by atoms with Gasteiger partial charge in [-0.1, -0.05) is 0 Å². The topological polar surface area (TPSA) is 75.4 Å². The number of amides is 1. The van der Waals surface area contributed by atoms with Crippen LogP contribution in [-0.2, 0) is 10.3 Å². The van der Waals surface area contributed by atoms with Gasteiger partial charge in [0.1, 0.15) is 0 Å². The Morgan fingerprint density at radius 3 is 2.50 bits per heavy atom. The van der Waals surface area contributed by atoms with E-state index in [4.69, 9.17) is 0 Å². The molecule has 0 saturated carbocycles. The number of carbonyl (C=O) groups is 2. The lowest BCUT2D eigenvalue weighted by molar-refractivity contribution is -0.144. The van der Waals surface area contributed by atoms with E-state index in [9.17, 15) is 14.7 Å². The number of carboxylic acid groups (broad SMARTS) is 1. The lowest BCUT2D eigenvalue weighted by Gasteiger charge is -2.37. The van der Waals surface area contributed by atoms with Crippen molar-refractivity contribution in [1.29, 1.82) is 0 Å². The van der Waals surface area contributed by atoms with Crippen molar-refractivity contribution in [3.63, 3.8) is 0 Å². The smallest absolute Gasteiger partial charge is 0.308 e. The molecule has 122 valence electrons. The number of hydrogen-bond donors (Lipinski definition) is 1. The summed E-state index contributed by atoms with van der Waals surface area (Å²) in [5.41, 5.74) is 1.19. The fourth-order valence-corrected chi connectivity index (χ4v) is 3.21. The first kappa shape index (κ1) is 16.5. The van der Waals surface area contributed by atoms with E-state index in [1.165, 1.54) is 0 Å². The summed E-state index contributed by atoms with van der Waals surface area (Å²) < 4.78 is 1.84. The van der Waals surface area contributed by atoms with Gasteiger partial charge < -0.3 is 10.0 Å². The molecule has 1 aliphatic heterocycles. The van der Waals surface area contributed by atoms with Gasteiger partial charge in [-0.3, -0.25) is 14.3 Å². The quantitative estimate of drug-likeness (QED) is 0.909. The number of rotatable bonds is 2. The molecule has 1 amide bonds. The summed E-state index contributed by atoms with van der Waals surface area (Å²) in [5.74, 6) is -1.44. The van der Waals surface area contributed by atoms with Gasteiger partial charge in [-0.25, -0.2) is 0 Å². The zero-order valence-corrected chi connectivity index (χ0v) is 14.0. The Kier molecular flexibility index (Phi) is 4.31. The third-order valence-corrected chi connectivity index (χ3v) is 4.44. The maximum Gasteiger partial charge on any atom is 0.308 e. The molecule has 2 atom stereocenters. The fourth-order valence-electron chi connectivity index (χ4n) is 3.21. The van der Waals surface area contributed by atoms with Gasteiger partial charge in [0, 0.05) is 18.3 Å². The van der Waals surface area contributed by atoms with E-state index >= 15 is 0 Å². The number of carboxylic acids is 1. The Balaban J connectivity index is 2.28. The van der Waals surface area contributed by atoms with Gasteiger partial charge in [0.05, 0.1) is 23.2 Å². The summed E-state index contributed by atoms with van der Waals surface area (Å²) in [6.45, 7) is 10.4. The summed E-state index contributed by atoms with van der Waals surface area (Å²) in [5, 5.41) is 13.6. The van der Waals surface area contributed by atoms with Crippen LogP contribution in [-0.4, -0.2) is 44.3 Å². The minimum Gasteiger partial charge on any atom is -0.481 e. The molecular formula is C16H25N3O3. The first-order chi connectivity index (χ1) is 10.1. The van der Waals surface area contributed by atoms with Crippen LogP contribution in [0.25, 0.3) is 0 Å². The molecule has 0 aliphatic carbocycles. The van der Waals surface area contributed by atoms with E-state index in [1.807, 2.05) is 39.3 Å². The Bertz CT molecular complexity index is 586. The molecule has 1 aliphatic rings.